The molecule has 5 nitrogen and oxygen atoms in total. The summed E-state index contributed by atoms with van der Waals surface area (Å²) in [5.74, 6) is 0.684. The molecule has 0 aromatic heterocycles. The number of likely N-dealkylation sites (tertiary alicyclic amines) is 2. The molecule has 2 saturated heterocycles. The first-order chi connectivity index (χ1) is 10.7. The zero-order chi connectivity index (χ0) is 15.5. The van der Waals surface area contributed by atoms with Gasteiger partial charge in [0.25, 0.3) is 0 Å². The number of carbonyl (C=O) groups excluding carboxylic acids is 2. The van der Waals surface area contributed by atoms with Gasteiger partial charge in [-0.15, -0.1) is 0 Å². The number of hydrogen-bond acceptors (Lipinski definition) is 3. The third-order valence-electron chi connectivity index (χ3n) is 5.61. The molecule has 1 aliphatic carbocycles. The van der Waals surface area contributed by atoms with Gasteiger partial charge in [-0.2, -0.15) is 0 Å². The summed E-state index contributed by atoms with van der Waals surface area (Å²) in [5.41, 5.74) is 0. The summed E-state index contributed by atoms with van der Waals surface area (Å²) in [4.78, 5) is 29.3. The van der Waals surface area contributed by atoms with Crippen molar-refractivity contribution in [3.63, 3.8) is 0 Å². The largest absolute Gasteiger partial charge is 0.396 e. The van der Waals surface area contributed by atoms with Gasteiger partial charge in [0.1, 0.15) is 6.04 Å². The van der Waals surface area contributed by atoms with Gasteiger partial charge in [0.15, 0.2) is 0 Å². The van der Waals surface area contributed by atoms with Gasteiger partial charge >= 0.3 is 0 Å². The molecule has 0 radical (unpaired) electrons. The van der Waals surface area contributed by atoms with Gasteiger partial charge in [0, 0.05) is 32.2 Å². The number of aliphatic hydroxyl groups excluding tert-OH is 1. The fourth-order valence-electron chi connectivity index (χ4n) is 4.32. The first-order valence-corrected chi connectivity index (χ1v) is 8.91. The van der Waals surface area contributed by atoms with Crippen molar-refractivity contribution in [2.24, 2.45) is 11.8 Å². The third-order valence-corrected chi connectivity index (χ3v) is 5.61. The normalized spacial score (nSPS) is 30.0. The minimum atomic E-state index is -0.245. The lowest BCUT2D eigenvalue weighted by Crippen LogP contribution is -2.51. The molecule has 5 heteroatoms. The second kappa shape index (κ2) is 6.99. The number of carbonyl (C=O) groups is 2. The van der Waals surface area contributed by atoms with Crippen LogP contribution in [0.1, 0.15) is 51.4 Å². The van der Waals surface area contributed by atoms with Gasteiger partial charge in [0.2, 0.25) is 11.8 Å². The highest BCUT2D eigenvalue weighted by molar-refractivity contribution is 5.89. The molecule has 3 rings (SSSR count). The number of hydrogen-bond donors (Lipinski definition) is 1. The van der Waals surface area contributed by atoms with Crippen LogP contribution in [0.4, 0.5) is 0 Å². The first-order valence-electron chi connectivity index (χ1n) is 8.91. The lowest BCUT2D eigenvalue weighted by molar-refractivity contribution is -0.147. The molecular formula is C17H28N2O3. The van der Waals surface area contributed by atoms with Crippen LogP contribution >= 0.6 is 0 Å². The van der Waals surface area contributed by atoms with Crippen molar-refractivity contribution in [1.29, 1.82) is 0 Å². The number of amides is 2. The Kier molecular flexibility index (Phi) is 5.01. The number of rotatable bonds is 3. The molecule has 3 fully saturated rings. The van der Waals surface area contributed by atoms with Crippen molar-refractivity contribution in [2.75, 3.05) is 26.2 Å². The molecule has 0 bridgehead atoms. The maximum Gasteiger partial charge on any atom is 0.245 e. The Labute approximate surface area is 132 Å². The Balaban J connectivity index is 1.64. The van der Waals surface area contributed by atoms with Crippen molar-refractivity contribution >= 4 is 11.8 Å². The van der Waals surface area contributed by atoms with Crippen molar-refractivity contribution in [1.82, 2.24) is 9.80 Å². The standard InChI is InChI=1S/C17H28N2O3/c20-12-13-5-3-9-18(11-13)17(22)15-8-4-10-19(15)16(21)14-6-1-2-7-14/h13-15,20H,1-12H2. The highest BCUT2D eigenvalue weighted by Crippen LogP contribution is 2.30. The van der Waals surface area contributed by atoms with E-state index in [2.05, 4.69) is 0 Å². The van der Waals surface area contributed by atoms with E-state index in [9.17, 15) is 14.7 Å². The van der Waals surface area contributed by atoms with Crippen LogP contribution in [0.15, 0.2) is 0 Å². The molecule has 3 aliphatic rings. The molecule has 22 heavy (non-hydrogen) atoms. The third kappa shape index (κ3) is 3.14. The van der Waals surface area contributed by atoms with Crippen LogP contribution in [0, 0.1) is 11.8 Å². The summed E-state index contributed by atoms with van der Waals surface area (Å²) in [6.07, 6.45) is 7.97. The minimum Gasteiger partial charge on any atom is -0.396 e. The molecule has 2 atom stereocenters. The maximum atomic E-state index is 12.8. The smallest absolute Gasteiger partial charge is 0.245 e. The monoisotopic (exact) mass is 308 g/mol. The molecule has 2 amide bonds. The van der Waals surface area contributed by atoms with Gasteiger partial charge in [-0.1, -0.05) is 12.8 Å². The average molecular weight is 308 g/mol. The summed E-state index contributed by atoms with van der Waals surface area (Å²) in [5, 5.41) is 9.34. The molecule has 0 aromatic rings. The Morgan fingerprint density at radius 2 is 1.64 bits per heavy atom. The summed E-state index contributed by atoms with van der Waals surface area (Å²) in [6, 6.07) is -0.245. The van der Waals surface area contributed by atoms with E-state index in [1.165, 1.54) is 0 Å². The molecule has 1 saturated carbocycles. The summed E-state index contributed by atoms with van der Waals surface area (Å²) < 4.78 is 0. The van der Waals surface area contributed by atoms with Gasteiger partial charge < -0.3 is 14.9 Å². The maximum absolute atomic E-state index is 12.8. The lowest BCUT2D eigenvalue weighted by atomic mass is 9.98. The van der Waals surface area contributed by atoms with Gasteiger partial charge in [-0.05, 0) is 44.4 Å². The van der Waals surface area contributed by atoms with Gasteiger partial charge in [0.05, 0.1) is 0 Å². The topological polar surface area (TPSA) is 60.9 Å². The Morgan fingerprint density at radius 1 is 0.909 bits per heavy atom. The second-order valence-corrected chi connectivity index (χ2v) is 7.15. The van der Waals surface area contributed by atoms with E-state index in [4.69, 9.17) is 0 Å². The van der Waals surface area contributed by atoms with Gasteiger partial charge in [-0.25, -0.2) is 0 Å². The highest BCUT2D eigenvalue weighted by atomic mass is 16.3. The number of piperidine rings is 1. The van der Waals surface area contributed by atoms with E-state index in [0.717, 1.165) is 64.5 Å². The van der Waals surface area contributed by atoms with Gasteiger partial charge in [-0.3, -0.25) is 9.59 Å². The zero-order valence-electron chi connectivity index (χ0n) is 13.4. The predicted molar refractivity (Wildman–Crippen MR) is 83.1 cm³/mol. The number of aliphatic hydroxyl groups is 1. The second-order valence-electron chi connectivity index (χ2n) is 7.15. The van der Waals surface area contributed by atoms with Crippen molar-refractivity contribution < 1.29 is 14.7 Å². The van der Waals surface area contributed by atoms with Crippen LogP contribution in [0.25, 0.3) is 0 Å². The SMILES string of the molecule is O=C(C1CCCN1C(=O)C1CCCC1)N1CCCC(CO)C1. The summed E-state index contributed by atoms with van der Waals surface area (Å²) in [6.45, 7) is 2.32. The van der Waals surface area contributed by atoms with E-state index in [1.54, 1.807) is 0 Å². The number of nitrogens with zero attached hydrogens (tertiary/aromatic N) is 2. The quantitative estimate of drug-likeness (QED) is 0.857. The van der Waals surface area contributed by atoms with E-state index in [0.29, 0.717) is 6.54 Å². The molecule has 0 aromatic carbocycles. The van der Waals surface area contributed by atoms with E-state index in [-0.39, 0.29) is 36.3 Å². The van der Waals surface area contributed by atoms with Crippen LogP contribution in [0.3, 0.4) is 0 Å². The molecule has 124 valence electrons. The van der Waals surface area contributed by atoms with Crippen LogP contribution in [0.5, 0.6) is 0 Å². The van der Waals surface area contributed by atoms with Crippen LogP contribution < -0.4 is 0 Å². The van der Waals surface area contributed by atoms with Crippen molar-refractivity contribution in [2.45, 2.75) is 57.4 Å². The Morgan fingerprint density at radius 3 is 2.36 bits per heavy atom. The van der Waals surface area contributed by atoms with Crippen LogP contribution in [0.2, 0.25) is 0 Å². The minimum absolute atomic E-state index is 0.113. The zero-order valence-corrected chi connectivity index (χ0v) is 13.4. The Hall–Kier alpha value is -1.10. The fraction of sp³-hybridized carbons (Fsp3) is 0.882. The average Bonchev–Trinajstić information content (AvgIpc) is 3.24. The summed E-state index contributed by atoms with van der Waals surface area (Å²) >= 11 is 0. The molecule has 2 heterocycles. The highest BCUT2D eigenvalue weighted by Gasteiger charge is 2.40. The predicted octanol–water partition coefficient (Wildman–Crippen LogP) is 1.40. The van der Waals surface area contributed by atoms with E-state index >= 15 is 0 Å². The van der Waals surface area contributed by atoms with Crippen LogP contribution in [-0.2, 0) is 9.59 Å². The van der Waals surface area contributed by atoms with Crippen molar-refractivity contribution in [3.05, 3.63) is 0 Å². The van der Waals surface area contributed by atoms with E-state index < -0.39 is 0 Å². The molecular weight excluding hydrogens is 280 g/mol. The fourth-order valence-corrected chi connectivity index (χ4v) is 4.32. The molecule has 2 unspecified atom stereocenters. The molecule has 1 N–H and O–H groups in total. The van der Waals surface area contributed by atoms with Crippen LogP contribution in [-0.4, -0.2) is 59.0 Å². The molecule has 2 aliphatic heterocycles. The Bertz CT molecular complexity index is 420. The first kappa shape index (κ1) is 15.8. The van der Waals surface area contributed by atoms with E-state index in [1.807, 2.05) is 9.80 Å². The van der Waals surface area contributed by atoms with Crippen molar-refractivity contribution in [3.8, 4) is 0 Å². The molecule has 0 spiro atoms. The summed E-state index contributed by atoms with van der Waals surface area (Å²) in [7, 11) is 0. The lowest BCUT2D eigenvalue weighted by Gasteiger charge is -2.36.